The van der Waals surface area contributed by atoms with Gasteiger partial charge in [-0.1, -0.05) is 4.51 Å². The number of rotatable bonds is 1. The molecule has 0 fully saturated rings. The van der Waals surface area contributed by atoms with E-state index in [9.17, 15) is 0 Å². The Hall–Kier alpha value is 1.30. The first-order valence-electron chi connectivity index (χ1n) is 1.00. The summed E-state index contributed by atoms with van der Waals surface area (Å²) in [4.78, 5) is 0. The van der Waals surface area contributed by atoms with E-state index in [-0.39, 0.29) is 23.3 Å². The highest BCUT2D eigenvalue weighted by Crippen LogP contribution is 2.12. The van der Waals surface area contributed by atoms with E-state index in [1.165, 1.54) is 0 Å². The zero-order chi connectivity index (χ0) is 4.28. The molecule has 0 aromatic rings. The first-order chi connectivity index (χ1) is 2.27. The summed E-state index contributed by atoms with van der Waals surface area (Å²) in [6.07, 6.45) is 0. The quantitative estimate of drug-likeness (QED) is 0.285. The molecular weight excluding hydrogens is 215 g/mol. The molecule has 0 aromatic heterocycles. The Morgan fingerprint density at radius 2 is 1.80 bits per heavy atom. The van der Waals surface area contributed by atoms with Gasteiger partial charge < -0.3 is 0 Å². The molecule has 0 aliphatic rings. The predicted molar refractivity (Wildman–Crippen MR) is 42.9 cm³/mol. The first kappa shape index (κ1) is 6.30. The van der Waals surface area contributed by atoms with Crippen LogP contribution in [0.4, 0.5) is 0 Å². The highest BCUT2D eigenvalue weighted by molar-refractivity contribution is 14.2. The molecule has 0 spiro atoms. The largest absolute Gasteiger partial charge is 0.155 e. The van der Waals surface area contributed by atoms with Crippen molar-refractivity contribution in [1.82, 2.24) is 0 Å². The van der Waals surface area contributed by atoms with Crippen LogP contribution >= 0.6 is 46.0 Å². The molecule has 32 valence electrons. The minimum Gasteiger partial charge on any atom is -0.155 e. The van der Waals surface area contributed by atoms with E-state index in [2.05, 4.69) is 29.8 Å². The lowest BCUT2D eigenvalue weighted by atomic mass is 11.9. The van der Waals surface area contributed by atoms with Crippen LogP contribution in [-0.2, 0) is 0 Å². The molecule has 0 atom stereocenters. The van der Waals surface area contributed by atoms with E-state index < -0.39 is 0 Å². The van der Waals surface area contributed by atoms with Gasteiger partial charge in [0.25, 0.3) is 0 Å². The highest BCUT2D eigenvalue weighted by Gasteiger charge is 1.76. The van der Waals surface area contributed by atoms with Crippen LogP contribution < -0.4 is 0 Å². The lowest BCUT2D eigenvalue weighted by Crippen LogP contribution is -1.58. The maximum Gasteiger partial charge on any atom is 0.0905 e. The van der Waals surface area contributed by atoms with E-state index >= 15 is 0 Å². The number of halogens is 1. The fraction of sp³-hybridized carbons (Fsp3) is 0.500. The summed E-state index contributed by atoms with van der Waals surface area (Å²) in [5.74, 6) is 0. The smallest absolute Gasteiger partial charge is 0.0905 e. The molecule has 0 amide bonds. The van der Waals surface area contributed by atoms with Crippen molar-refractivity contribution in [3.8, 4) is 0 Å². The molecule has 0 N–H and O–H groups in total. The predicted octanol–water partition coefficient (Wildman–Crippen LogP) is 1.53. The summed E-state index contributed by atoms with van der Waals surface area (Å²) in [6, 6.07) is 0. The zero-order valence-corrected chi connectivity index (χ0v) is 6.50. The Morgan fingerprint density at radius 3 is 1.80 bits per heavy atom. The molecule has 0 rings (SSSR count). The standard InChI is InChI=1S/C2H5IS2/c1-3-2(4)5/h2,4-5H,1H2. The summed E-state index contributed by atoms with van der Waals surface area (Å²) >= 11 is 7.92. The molecule has 0 unspecified atom stereocenters. The first-order valence-corrected chi connectivity index (χ1v) is 4.81. The SMILES string of the molecule is C=IC(S)S. The topological polar surface area (TPSA) is 0 Å². The molecule has 0 aromatic carbocycles. The molecule has 0 saturated carbocycles. The van der Waals surface area contributed by atoms with Gasteiger partial charge in [0.15, 0.2) is 0 Å². The second-order valence-electron chi connectivity index (χ2n) is 0.465. The number of thiol groups is 2. The molecular formula is C2H5IS2. The fourth-order valence-corrected chi connectivity index (χ4v) is 0. The van der Waals surface area contributed by atoms with Gasteiger partial charge in [0.1, 0.15) is 0 Å². The number of hydrogen-bond donors (Lipinski definition) is 2. The minimum atomic E-state index is 0.0262. The van der Waals surface area contributed by atoms with Gasteiger partial charge in [0.05, 0.1) is 2.59 Å². The third-order valence-electron chi connectivity index (χ3n) is 0.138. The Bertz CT molecular complexity index is 34.6. The molecule has 0 aliphatic heterocycles. The molecule has 0 saturated heterocycles. The van der Waals surface area contributed by atoms with Gasteiger partial charge in [-0.25, -0.2) is 0 Å². The van der Waals surface area contributed by atoms with E-state index in [4.69, 9.17) is 0 Å². The van der Waals surface area contributed by atoms with E-state index in [0.29, 0.717) is 0 Å². The van der Waals surface area contributed by atoms with E-state index in [0.717, 1.165) is 0 Å². The summed E-state index contributed by atoms with van der Waals surface area (Å²) in [5.41, 5.74) is 0. The van der Waals surface area contributed by atoms with Crippen LogP contribution in [0.25, 0.3) is 0 Å². The van der Waals surface area contributed by atoms with Crippen molar-refractivity contribution in [2.75, 3.05) is 0 Å². The highest BCUT2D eigenvalue weighted by atomic mass is 127. The van der Waals surface area contributed by atoms with Gasteiger partial charge in [-0.3, -0.25) is 0 Å². The Labute approximate surface area is 52.9 Å². The Balaban J connectivity index is 2.83. The molecule has 0 aliphatic carbocycles. The molecule has 0 bridgehead atoms. The van der Waals surface area contributed by atoms with Crippen molar-refractivity contribution >= 4 is 50.5 Å². The zero-order valence-electron chi connectivity index (χ0n) is 2.56. The monoisotopic (exact) mass is 220 g/mol. The minimum absolute atomic E-state index is 0.0262. The van der Waals surface area contributed by atoms with Crippen LogP contribution in [0.2, 0.25) is 0 Å². The third kappa shape index (κ3) is 5.30. The van der Waals surface area contributed by atoms with Gasteiger partial charge in [0, 0.05) is 0 Å². The maximum absolute atomic E-state index is 3.95. The van der Waals surface area contributed by atoms with Crippen molar-refractivity contribution < 1.29 is 0 Å². The molecule has 0 radical (unpaired) electrons. The van der Waals surface area contributed by atoms with E-state index in [1.54, 1.807) is 0 Å². The van der Waals surface area contributed by atoms with Gasteiger partial charge >= 0.3 is 0 Å². The average Bonchev–Trinajstić information content (AvgIpc) is 1.38. The van der Waals surface area contributed by atoms with Crippen LogP contribution in [0.15, 0.2) is 0 Å². The second-order valence-corrected chi connectivity index (χ2v) is 6.00. The summed E-state index contributed by atoms with van der Waals surface area (Å²) < 4.78 is 3.91. The normalized spacial score (nSPS) is 9.40. The van der Waals surface area contributed by atoms with Crippen molar-refractivity contribution in [1.29, 1.82) is 0 Å². The van der Waals surface area contributed by atoms with Crippen LogP contribution in [0.5, 0.6) is 0 Å². The van der Waals surface area contributed by atoms with Crippen molar-refractivity contribution in [3.05, 3.63) is 0 Å². The van der Waals surface area contributed by atoms with Crippen molar-refractivity contribution in [2.24, 2.45) is 0 Å². The van der Waals surface area contributed by atoms with Crippen molar-refractivity contribution in [2.45, 2.75) is 2.59 Å². The second kappa shape index (κ2) is 3.49. The summed E-state index contributed by atoms with van der Waals surface area (Å²) in [6.45, 7) is 0. The summed E-state index contributed by atoms with van der Waals surface area (Å²) in [5, 5.41) is 0. The third-order valence-corrected chi connectivity index (χ3v) is 2.78. The number of hydrogen-bond acceptors (Lipinski definition) is 2. The summed E-state index contributed by atoms with van der Waals surface area (Å²) in [7, 11) is 0. The lowest BCUT2D eigenvalue weighted by Gasteiger charge is -1.81. The van der Waals surface area contributed by atoms with E-state index in [1.807, 2.05) is 0 Å². The van der Waals surface area contributed by atoms with Crippen LogP contribution in [0.3, 0.4) is 0 Å². The van der Waals surface area contributed by atoms with Gasteiger partial charge in [-0.15, -0.1) is 20.7 Å². The van der Waals surface area contributed by atoms with Crippen LogP contribution in [0, 0.1) is 0 Å². The molecule has 3 heteroatoms. The van der Waals surface area contributed by atoms with Gasteiger partial charge in [-0.2, -0.15) is 25.3 Å². The number of alkyl halides is 1. The fourth-order valence-electron chi connectivity index (χ4n) is 0. The molecule has 0 nitrogen and oxygen atoms in total. The lowest BCUT2D eigenvalue weighted by molar-refractivity contribution is 2.27. The van der Waals surface area contributed by atoms with Crippen molar-refractivity contribution in [3.63, 3.8) is 0 Å². The van der Waals surface area contributed by atoms with Crippen LogP contribution in [0.1, 0.15) is 0 Å². The van der Waals surface area contributed by atoms with Gasteiger partial charge in [-0.05, 0) is 0 Å². The van der Waals surface area contributed by atoms with Gasteiger partial charge in [0.2, 0.25) is 0 Å². The maximum atomic E-state index is 3.95. The molecule has 0 heterocycles. The molecule has 5 heavy (non-hydrogen) atoms. The van der Waals surface area contributed by atoms with Crippen LogP contribution in [-0.4, -0.2) is 7.10 Å². The Kier molecular flexibility index (Phi) is 4.40. The Morgan fingerprint density at radius 1 is 1.60 bits per heavy atom. The average molecular weight is 220 g/mol.